The van der Waals surface area contributed by atoms with Crippen LogP contribution in [0.5, 0.6) is 5.75 Å². The first-order chi connectivity index (χ1) is 10.1. The summed E-state index contributed by atoms with van der Waals surface area (Å²) in [6.07, 6.45) is 1.54. The van der Waals surface area contributed by atoms with Crippen molar-refractivity contribution < 1.29 is 4.74 Å². The van der Waals surface area contributed by atoms with Crippen LogP contribution in [0, 0.1) is 6.92 Å². The van der Waals surface area contributed by atoms with Gasteiger partial charge in [0.15, 0.2) is 0 Å². The van der Waals surface area contributed by atoms with Crippen molar-refractivity contribution in [3.8, 4) is 5.75 Å². The average Bonchev–Trinajstić information content (AvgIpc) is 2.48. The highest BCUT2D eigenvalue weighted by atomic mass is 79.9. The van der Waals surface area contributed by atoms with E-state index < -0.39 is 0 Å². The molecule has 1 heterocycles. The fraction of sp³-hybridized carbons (Fsp3) is 0.375. The molecule has 0 saturated carbocycles. The standard InChI is InChI=1S/C16H20BrN3O/c1-11(2)13-6-4-5-7-14(13)21-9-8-18-16-12(3)15(17)19-10-20-16/h4-7,10-11H,8-9H2,1-3H3,(H,18,19,20). The number of halogens is 1. The van der Waals surface area contributed by atoms with E-state index in [0.29, 0.717) is 19.1 Å². The molecule has 0 amide bonds. The molecule has 2 aromatic rings. The Labute approximate surface area is 134 Å². The summed E-state index contributed by atoms with van der Waals surface area (Å²) in [5.41, 5.74) is 2.23. The van der Waals surface area contributed by atoms with Crippen molar-refractivity contribution in [3.05, 3.63) is 46.3 Å². The molecule has 1 aromatic carbocycles. The zero-order chi connectivity index (χ0) is 15.2. The van der Waals surface area contributed by atoms with Crippen molar-refractivity contribution in [1.82, 2.24) is 9.97 Å². The van der Waals surface area contributed by atoms with Gasteiger partial charge in [-0.25, -0.2) is 9.97 Å². The molecule has 0 aliphatic carbocycles. The van der Waals surface area contributed by atoms with E-state index in [9.17, 15) is 0 Å². The number of hydrogen-bond acceptors (Lipinski definition) is 4. The lowest BCUT2D eigenvalue weighted by Gasteiger charge is -2.14. The highest BCUT2D eigenvalue weighted by Gasteiger charge is 2.07. The van der Waals surface area contributed by atoms with Crippen molar-refractivity contribution in [2.24, 2.45) is 0 Å². The van der Waals surface area contributed by atoms with E-state index in [4.69, 9.17) is 4.74 Å². The number of nitrogens with zero attached hydrogens (tertiary/aromatic N) is 2. The third-order valence-corrected chi connectivity index (χ3v) is 4.02. The van der Waals surface area contributed by atoms with Crippen molar-refractivity contribution in [3.63, 3.8) is 0 Å². The van der Waals surface area contributed by atoms with Gasteiger partial charge in [-0.15, -0.1) is 0 Å². The van der Waals surface area contributed by atoms with Crippen molar-refractivity contribution in [2.75, 3.05) is 18.5 Å². The molecule has 0 unspecified atom stereocenters. The summed E-state index contributed by atoms with van der Waals surface area (Å²) >= 11 is 3.39. The normalized spacial score (nSPS) is 10.7. The van der Waals surface area contributed by atoms with Crippen LogP contribution in [0.2, 0.25) is 0 Å². The summed E-state index contributed by atoms with van der Waals surface area (Å²) < 4.78 is 6.68. The third kappa shape index (κ3) is 4.17. The van der Waals surface area contributed by atoms with Crippen molar-refractivity contribution in [1.29, 1.82) is 0 Å². The Bertz CT molecular complexity index is 602. The van der Waals surface area contributed by atoms with Gasteiger partial charge in [0.05, 0.1) is 6.54 Å². The highest BCUT2D eigenvalue weighted by Crippen LogP contribution is 2.25. The predicted octanol–water partition coefficient (Wildman–Crippen LogP) is 4.16. The molecule has 1 N–H and O–H groups in total. The van der Waals surface area contributed by atoms with Crippen LogP contribution in [0.25, 0.3) is 0 Å². The number of rotatable bonds is 6. The maximum atomic E-state index is 5.87. The van der Waals surface area contributed by atoms with E-state index in [1.165, 1.54) is 11.9 Å². The predicted molar refractivity (Wildman–Crippen MR) is 89.0 cm³/mol. The second kappa shape index (κ2) is 7.41. The van der Waals surface area contributed by atoms with Gasteiger partial charge >= 0.3 is 0 Å². The Morgan fingerprint density at radius 1 is 1.24 bits per heavy atom. The minimum atomic E-state index is 0.453. The third-order valence-electron chi connectivity index (χ3n) is 3.22. The molecule has 0 fully saturated rings. The van der Waals surface area contributed by atoms with Crippen molar-refractivity contribution >= 4 is 21.7 Å². The second-order valence-corrected chi connectivity index (χ2v) is 5.86. The topological polar surface area (TPSA) is 47.0 Å². The zero-order valence-electron chi connectivity index (χ0n) is 12.6. The Hall–Kier alpha value is -1.62. The summed E-state index contributed by atoms with van der Waals surface area (Å²) in [4.78, 5) is 8.30. The summed E-state index contributed by atoms with van der Waals surface area (Å²) in [6.45, 7) is 7.59. The van der Waals surface area contributed by atoms with Crippen LogP contribution in [0.3, 0.4) is 0 Å². The van der Waals surface area contributed by atoms with E-state index in [1.807, 2.05) is 25.1 Å². The number of para-hydroxylation sites is 1. The maximum absolute atomic E-state index is 5.87. The Morgan fingerprint density at radius 3 is 2.76 bits per heavy atom. The van der Waals surface area contributed by atoms with Crippen LogP contribution in [0.15, 0.2) is 35.2 Å². The second-order valence-electron chi connectivity index (χ2n) is 5.11. The molecule has 21 heavy (non-hydrogen) atoms. The largest absolute Gasteiger partial charge is 0.491 e. The first-order valence-electron chi connectivity index (χ1n) is 7.02. The monoisotopic (exact) mass is 349 g/mol. The molecule has 0 bridgehead atoms. The molecule has 0 spiro atoms. The molecule has 0 radical (unpaired) electrons. The molecule has 0 saturated heterocycles. The van der Waals surface area contributed by atoms with Gasteiger partial charge in [0.25, 0.3) is 0 Å². The lowest BCUT2D eigenvalue weighted by molar-refractivity contribution is 0.328. The Kier molecular flexibility index (Phi) is 5.56. The van der Waals surface area contributed by atoms with Crippen LogP contribution in [-0.4, -0.2) is 23.1 Å². The molecular formula is C16H20BrN3O. The lowest BCUT2D eigenvalue weighted by Crippen LogP contribution is -2.14. The molecule has 5 heteroatoms. The van der Waals surface area contributed by atoms with E-state index in [1.54, 1.807) is 0 Å². The van der Waals surface area contributed by atoms with Gasteiger partial charge in [0, 0.05) is 5.56 Å². The van der Waals surface area contributed by atoms with Crippen LogP contribution < -0.4 is 10.1 Å². The molecule has 4 nitrogen and oxygen atoms in total. The van der Waals surface area contributed by atoms with Crippen LogP contribution in [0.1, 0.15) is 30.9 Å². The fourth-order valence-corrected chi connectivity index (χ4v) is 2.31. The number of hydrogen-bond donors (Lipinski definition) is 1. The minimum Gasteiger partial charge on any atom is -0.491 e. The van der Waals surface area contributed by atoms with E-state index in [-0.39, 0.29) is 0 Å². The number of benzene rings is 1. The number of anilines is 1. The van der Waals surface area contributed by atoms with Gasteiger partial charge in [0.1, 0.15) is 29.1 Å². The quantitative estimate of drug-likeness (QED) is 0.628. The van der Waals surface area contributed by atoms with E-state index in [2.05, 4.69) is 51.1 Å². The van der Waals surface area contributed by atoms with Gasteiger partial charge in [0.2, 0.25) is 0 Å². The maximum Gasteiger partial charge on any atom is 0.133 e. The number of nitrogens with one attached hydrogen (secondary N) is 1. The zero-order valence-corrected chi connectivity index (χ0v) is 14.1. The first-order valence-corrected chi connectivity index (χ1v) is 7.81. The summed E-state index contributed by atoms with van der Waals surface area (Å²) in [7, 11) is 0. The fourth-order valence-electron chi connectivity index (χ4n) is 2.03. The molecular weight excluding hydrogens is 330 g/mol. The lowest BCUT2D eigenvalue weighted by atomic mass is 10.0. The van der Waals surface area contributed by atoms with Crippen LogP contribution in [0.4, 0.5) is 5.82 Å². The first kappa shape index (κ1) is 15.8. The molecule has 0 aliphatic heterocycles. The molecule has 1 aromatic heterocycles. The van der Waals surface area contributed by atoms with Crippen molar-refractivity contribution in [2.45, 2.75) is 26.7 Å². The summed E-state index contributed by atoms with van der Waals surface area (Å²) in [6, 6.07) is 8.17. The Balaban J connectivity index is 1.89. The minimum absolute atomic E-state index is 0.453. The van der Waals surface area contributed by atoms with Crippen LogP contribution in [-0.2, 0) is 0 Å². The Morgan fingerprint density at radius 2 is 2.00 bits per heavy atom. The summed E-state index contributed by atoms with van der Waals surface area (Å²) in [5, 5.41) is 3.27. The smallest absolute Gasteiger partial charge is 0.133 e. The van der Waals surface area contributed by atoms with E-state index in [0.717, 1.165) is 21.7 Å². The SMILES string of the molecule is Cc1c(Br)ncnc1NCCOc1ccccc1C(C)C. The van der Waals surface area contributed by atoms with Gasteiger partial charge in [-0.05, 0) is 40.4 Å². The van der Waals surface area contributed by atoms with Gasteiger partial charge < -0.3 is 10.1 Å². The molecule has 0 atom stereocenters. The highest BCUT2D eigenvalue weighted by molar-refractivity contribution is 9.10. The van der Waals surface area contributed by atoms with E-state index >= 15 is 0 Å². The molecule has 2 rings (SSSR count). The summed E-state index contributed by atoms with van der Waals surface area (Å²) in [5.74, 6) is 2.24. The van der Waals surface area contributed by atoms with Crippen LogP contribution >= 0.6 is 15.9 Å². The van der Waals surface area contributed by atoms with Gasteiger partial charge in [-0.2, -0.15) is 0 Å². The molecule has 0 aliphatic rings. The molecule has 112 valence electrons. The van der Waals surface area contributed by atoms with Gasteiger partial charge in [-0.3, -0.25) is 0 Å². The number of aromatic nitrogens is 2. The average molecular weight is 350 g/mol. The van der Waals surface area contributed by atoms with Gasteiger partial charge in [-0.1, -0.05) is 32.0 Å². The number of ether oxygens (including phenoxy) is 1.